The molecule has 1 aliphatic rings. The number of urea groups is 1. The predicted molar refractivity (Wildman–Crippen MR) is 140 cm³/mol. The molecule has 4 aromatic carbocycles. The number of carbonyl (C=O) groups excluding carboxylic acids is 3. The fourth-order valence-corrected chi connectivity index (χ4v) is 4.31. The third-order valence-corrected chi connectivity index (χ3v) is 6.19. The molecule has 0 bridgehead atoms. The molecule has 1 heterocycles. The number of nitrogens with zero attached hydrogens (tertiary/aromatic N) is 1. The van der Waals surface area contributed by atoms with E-state index in [0.29, 0.717) is 34.2 Å². The van der Waals surface area contributed by atoms with Gasteiger partial charge in [0.1, 0.15) is 17.9 Å². The van der Waals surface area contributed by atoms with E-state index in [4.69, 9.17) is 16.3 Å². The highest BCUT2D eigenvalue weighted by atomic mass is 35.5. The SMILES string of the molecule is Cc1ccc(Cl)cc1N1C(=O)NC(=O)/C(=C/c2cccc(OCc3cccc4ccccc34)c2)C1=O. The zero-order chi connectivity index (χ0) is 25.2. The molecule has 0 saturated carbocycles. The van der Waals surface area contributed by atoms with Gasteiger partial charge >= 0.3 is 6.03 Å². The lowest BCUT2D eigenvalue weighted by Gasteiger charge is -2.27. The molecular formula is C29H21ClN2O4. The van der Waals surface area contributed by atoms with Gasteiger partial charge in [-0.05, 0) is 64.7 Å². The van der Waals surface area contributed by atoms with E-state index >= 15 is 0 Å². The summed E-state index contributed by atoms with van der Waals surface area (Å²) in [6, 6.07) is 25.3. The van der Waals surface area contributed by atoms with Crippen LogP contribution in [-0.4, -0.2) is 17.8 Å². The van der Waals surface area contributed by atoms with Crippen molar-refractivity contribution in [3.63, 3.8) is 0 Å². The second-order valence-corrected chi connectivity index (χ2v) is 8.82. The van der Waals surface area contributed by atoms with E-state index in [9.17, 15) is 14.4 Å². The Labute approximate surface area is 212 Å². The van der Waals surface area contributed by atoms with Crippen LogP contribution in [-0.2, 0) is 16.2 Å². The molecule has 5 rings (SSSR count). The highest BCUT2D eigenvalue weighted by molar-refractivity contribution is 6.39. The van der Waals surface area contributed by atoms with Crippen molar-refractivity contribution in [2.75, 3.05) is 4.90 Å². The molecule has 36 heavy (non-hydrogen) atoms. The number of anilines is 1. The van der Waals surface area contributed by atoms with Crippen LogP contribution in [0.1, 0.15) is 16.7 Å². The molecule has 1 aliphatic heterocycles. The van der Waals surface area contributed by atoms with Crippen LogP contribution in [0.25, 0.3) is 16.8 Å². The quantitative estimate of drug-likeness (QED) is 0.270. The Kier molecular flexibility index (Phi) is 6.27. The fraction of sp³-hybridized carbons (Fsp3) is 0.0690. The molecule has 0 aromatic heterocycles. The van der Waals surface area contributed by atoms with Gasteiger partial charge in [0, 0.05) is 5.02 Å². The number of aryl methyl sites for hydroxylation is 1. The third-order valence-electron chi connectivity index (χ3n) is 5.96. The normalized spacial score (nSPS) is 14.9. The number of benzene rings is 4. The number of hydrogen-bond donors (Lipinski definition) is 1. The Morgan fingerprint density at radius 2 is 1.69 bits per heavy atom. The first-order valence-electron chi connectivity index (χ1n) is 11.3. The van der Waals surface area contributed by atoms with Gasteiger partial charge in [-0.25, -0.2) is 9.69 Å². The van der Waals surface area contributed by atoms with Gasteiger partial charge in [-0.15, -0.1) is 0 Å². The minimum absolute atomic E-state index is 0.167. The number of hydrogen-bond acceptors (Lipinski definition) is 4. The molecule has 6 nitrogen and oxygen atoms in total. The number of barbiturate groups is 1. The minimum atomic E-state index is -0.820. The molecule has 0 radical (unpaired) electrons. The number of rotatable bonds is 5. The Morgan fingerprint density at radius 3 is 2.56 bits per heavy atom. The molecule has 7 heteroatoms. The van der Waals surface area contributed by atoms with Crippen molar-refractivity contribution in [1.82, 2.24) is 5.32 Å². The Hall–Kier alpha value is -4.42. The number of nitrogens with one attached hydrogen (secondary N) is 1. The van der Waals surface area contributed by atoms with Crippen LogP contribution in [0.2, 0.25) is 5.02 Å². The number of fused-ring (bicyclic) bond motifs is 1. The summed E-state index contributed by atoms with van der Waals surface area (Å²) in [6.07, 6.45) is 1.45. The van der Waals surface area contributed by atoms with Gasteiger partial charge in [-0.1, -0.05) is 72.3 Å². The Bertz CT molecular complexity index is 1550. The summed E-state index contributed by atoms with van der Waals surface area (Å²) in [6.45, 7) is 2.11. The van der Waals surface area contributed by atoms with Crippen LogP contribution in [0.3, 0.4) is 0 Å². The average Bonchev–Trinajstić information content (AvgIpc) is 2.87. The van der Waals surface area contributed by atoms with E-state index in [1.54, 1.807) is 43.3 Å². The topological polar surface area (TPSA) is 75.7 Å². The minimum Gasteiger partial charge on any atom is -0.489 e. The van der Waals surface area contributed by atoms with Crippen molar-refractivity contribution >= 4 is 52.0 Å². The summed E-state index contributed by atoms with van der Waals surface area (Å²) in [5.74, 6) is -0.904. The van der Waals surface area contributed by atoms with E-state index < -0.39 is 17.8 Å². The lowest BCUT2D eigenvalue weighted by Crippen LogP contribution is -2.54. The first-order chi connectivity index (χ1) is 17.4. The van der Waals surface area contributed by atoms with Crippen molar-refractivity contribution < 1.29 is 19.1 Å². The van der Waals surface area contributed by atoms with Crippen LogP contribution in [0, 0.1) is 6.92 Å². The van der Waals surface area contributed by atoms with E-state index in [0.717, 1.165) is 21.2 Å². The standard InChI is InChI=1S/C29H21ClN2O4/c1-18-12-13-22(30)16-26(18)32-28(34)25(27(33)31-29(32)35)15-19-6-4-10-23(14-19)36-17-21-9-5-8-20-7-2-3-11-24(20)21/h2-16H,17H2,1H3,(H,31,33,35)/b25-15-. The first kappa shape index (κ1) is 23.3. The fourth-order valence-electron chi connectivity index (χ4n) is 4.14. The van der Waals surface area contributed by atoms with Crippen molar-refractivity contribution in [3.8, 4) is 5.75 Å². The molecule has 1 fully saturated rings. The van der Waals surface area contributed by atoms with Gasteiger partial charge in [-0.3, -0.25) is 14.9 Å². The molecule has 0 aliphatic carbocycles. The van der Waals surface area contributed by atoms with Gasteiger partial charge in [0.2, 0.25) is 0 Å². The summed E-state index contributed by atoms with van der Waals surface area (Å²) in [5, 5.41) is 4.86. The molecule has 0 unspecified atom stereocenters. The summed E-state index contributed by atoms with van der Waals surface area (Å²) in [5.41, 5.74) is 2.45. The molecule has 1 saturated heterocycles. The largest absolute Gasteiger partial charge is 0.489 e. The molecule has 178 valence electrons. The van der Waals surface area contributed by atoms with E-state index in [1.165, 1.54) is 12.1 Å². The van der Waals surface area contributed by atoms with Crippen LogP contribution in [0.4, 0.5) is 10.5 Å². The van der Waals surface area contributed by atoms with Crippen molar-refractivity contribution in [2.45, 2.75) is 13.5 Å². The summed E-state index contributed by atoms with van der Waals surface area (Å²) < 4.78 is 6.03. The van der Waals surface area contributed by atoms with Crippen LogP contribution >= 0.6 is 11.6 Å². The predicted octanol–water partition coefficient (Wildman–Crippen LogP) is 6.05. The van der Waals surface area contributed by atoms with E-state index in [2.05, 4.69) is 23.5 Å². The molecule has 1 N–H and O–H groups in total. The van der Waals surface area contributed by atoms with Crippen LogP contribution < -0.4 is 15.0 Å². The lowest BCUT2D eigenvalue weighted by molar-refractivity contribution is -0.122. The molecular weight excluding hydrogens is 476 g/mol. The van der Waals surface area contributed by atoms with E-state index in [1.807, 2.05) is 24.3 Å². The highest BCUT2D eigenvalue weighted by Crippen LogP contribution is 2.28. The van der Waals surface area contributed by atoms with Gasteiger partial charge in [0.15, 0.2) is 0 Å². The third kappa shape index (κ3) is 4.59. The summed E-state index contributed by atoms with van der Waals surface area (Å²) >= 11 is 6.08. The van der Waals surface area contributed by atoms with Crippen LogP contribution in [0.5, 0.6) is 5.75 Å². The maximum atomic E-state index is 13.2. The average molecular weight is 497 g/mol. The number of imide groups is 2. The Balaban J connectivity index is 1.41. The molecule has 4 amide bonds. The second kappa shape index (κ2) is 9.68. The Morgan fingerprint density at radius 1 is 0.917 bits per heavy atom. The monoisotopic (exact) mass is 496 g/mol. The zero-order valence-electron chi connectivity index (χ0n) is 19.3. The van der Waals surface area contributed by atoms with E-state index in [-0.39, 0.29) is 5.57 Å². The highest BCUT2D eigenvalue weighted by Gasteiger charge is 2.37. The maximum absolute atomic E-state index is 13.2. The molecule has 0 atom stereocenters. The van der Waals surface area contributed by atoms with Gasteiger partial charge in [0.05, 0.1) is 5.69 Å². The number of ether oxygens (including phenoxy) is 1. The van der Waals surface area contributed by atoms with Crippen molar-refractivity contribution in [2.24, 2.45) is 0 Å². The molecule has 4 aromatic rings. The van der Waals surface area contributed by atoms with Gasteiger partial charge in [0.25, 0.3) is 11.8 Å². The number of carbonyl (C=O) groups is 3. The van der Waals surface area contributed by atoms with Gasteiger partial charge in [-0.2, -0.15) is 0 Å². The lowest BCUT2D eigenvalue weighted by atomic mass is 10.0. The number of halogens is 1. The summed E-state index contributed by atoms with van der Waals surface area (Å²) in [7, 11) is 0. The van der Waals surface area contributed by atoms with Gasteiger partial charge < -0.3 is 4.74 Å². The van der Waals surface area contributed by atoms with Crippen molar-refractivity contribution in [1.29, 1.82) is 0 Å². The number of amides is 4. The summed E-state index contributed by atoms with van der Waals surface area (Å²) in [4.78, 5) is 39.3. The second-order valence-electron chi connectivity index (χ2n) is 8.39. The van der Waals surface area contributed by atoms with Crippen molar-refractivity contribution in [3.05, 3.63) is 112 Å². The maximum Gasteiger partial charge on any atom is 0.335 e. The molecule has 0 spiro atoms. The zero-order valence-corrected chi connectivity index (χ0v) is 20.1. The first-order valence-corrected chi connectivity index (χ1v) is 11.7. The smallest absolute Gasteiger partial charge is 0.335 e. The van der Waals surface area contributed by atoms with Crippen LogP contribution in [0.15, 0.2) is 90.5 Å².